The highest BCUT2D eigenvalue weighted by Gasteiger charge is 2.20. The molecular formula is C26H28N2O4. The monoisotopic (exact) mass is 432 g/mol. The Balaban J connectivity index is 1.69. The Hall–Kier alpha value is -3.80. The summed E-state index contributed by atoms with van der Waals surface area (Å²) in [5, 5.41) is 0. The van der Waals surface area contributed by atoms with Gasteiger partial charge in [-0.2, -0.15) is 0 Å². The second-order valence-electron chi connectivity index (χ2n) is 7.36. The topological polar surface area (TPSA) is 81.9 Å². The average Bonchev–Trinajstić information content (AvgIpc) is 2.83. The number of nitrogens with two attached hydrogens (primary N) is 1. The van der Waals surface area contributed by atoms with Gasteiger partial charge in [-0.05, 0) is 23.1 Å². The van der Waals surface area contributed by atoms with Gasteiger partial charge in [-0.3, -0.25) is 0 Å². The molecule has 166 valence electrons. The number of carbonyl (C=O) groups is 2. The highest BCUT2D eigenvalue weighted by atomic mass is 16.6. The Morgan fingerprint density at radius 3 is 1.81 bits per heavy atom. The highest BCUT2D eigenvalue weighted by Crippen LogP contribution is 2.28. The fraction of sp³-hybridized carbons (Fsp3) is 0.231. The van der Waals surface area contributed by atoms with Crippen molar-refractivity contribution in [3.8, 4) is 0 Å². The van der Waals surface area contributed by atoms with Gasteiger partial charge in [0.05, 0.1) is 6.54 Å². The van der Waals surface area contributed by atoms with E-state index in [1.807, 2.05) is 66.7 Å². The van der Waals surface area contributed by atoms with Gasteiger partial charge in [0, 0.05) is 12.5 Å². The predicted octanol–water partition coefficient (Wildman–Crippen LogP) is 4.94. The third-order valence-corrected chi connectivity index (χ3v) is 5.16. The number of carbonyl (C=O) groups excluding carboxylic acids is 2. The Morgan fingerprint density at radius 2 is 1.28 bits per heavy atom. The van der Waals surface area contributed by atoms with E-state index in [9.17, 15) is 9.59 Å². The largest absolute Gasteiger partial charge is 0.448 e. The van der Waals surface area contributed by atoms with E-state index in [1.54, 1.807) is 4.90 Å². The molecule has 0 heterocycles. The van der Waals surface area contributed by atoms with Crippen LogP contribution in [-0.4, -0.2) is 36.8 Å². The quantitative estimate of drug-likeness (QED) is 0.492. The lowest BCUT2D eigenvalue weighted by molar-refractivity contribution is 0.0829. The van der Waals surface area contributed by atoms with Gasteiger partial charge in [-0.15, -0.1) is 0 Å². The van der Waals surface area contributed by atoms with E-state index >= 15 is 0 Å². The van der Waals surface area contributed by atoms with Gasteiger partial charge in [0.2, 0.25) is 0 Å². The van der Waals surface area contributed by atoms with E-state index < -0.39 is 12.2 Å². The van der Waals surface area contributed by atoms with E-state index in [4.69, 9.17) is 15.2 Å². The van der Waals surface area contributed by atoms with Crippen LogP contribution in [0.5, 0.6) is 0 Å². The Bertz CT molecular complexity index is 925. The molecular weight excluding hydrogens is 404 g/mol. The molecule has 0 fully saturated rings. The zero-order valence-electron chi connectivity index (χ0n) is 17.9. The van der Waals surface area contributed by atoms with Crippen molar-refractivity contribution in [2.75, 3.05) is 19.7 Å². The summed E-state index contributed by atoms with van der Waals surface area (Å²) in [6.45, 7) is 0.821. The fourth-order valence-electron chi connectivity index (χ4n) is 3.54. The smallest absolute Gasteiger partial charge is 0.410 e. The van der Waals surface area contributed by atoms with Crippen LogP contribution in [0.15, 0.2) is 91.0 Å². The van der Waals surface area contributed by atoms with E-state index in [0.717, 1.165) is 5.56 Å². The molecule has 6 nitrogen and oxygen atoms in total. The number of nitrogens with zero attached hydrogens (tertiary/aromatic N) is 1. The van der Waals surface area contributed by atoms with Crippen molar-refractivity contribution in [1.29, 1.82) is 0 Å². The molecule has 3 aromatic carbocycles. The van der Waals surface area contributed by atoms with E-state index in [0.29, 0.717) is 13.0 Å². The van der Waals surface area contributed by atoms with E-state index in [-0.39, 0.29) is 25.7 Å². The summed E-state index contributed by atoms with van der Waals surface area (Å²) in [6.07, 6.45) is -0.638. The van der Waals surface area contributed by atoms with Gasteiger partial charge in [0.1, 0.15) is 13.2 Å². The maximum absolute atomic E-state index is 12.8. The van der Waals surface area contributed by atoms with Crippen molar-refractivity contribution in [2.45, 2.75) is 18.9 Å². The van der Waals surface area contributed by atoms with Crippen molar-refractivity contribution in [2.24, 2.45) is 5.73 Å². The summed E-state index contributed by atoms with van der Waals surface area (Å²) in [4.78, 5) is 25.3. The number of hydrogen-bond acceptors (Lipinski definition) is 4. The van der Waals surface area contributed by atoms with Crippen molar-refractivity contribution >= 4 is 12.2 Å². The van der Waals surface area contributed by atoms with Crippen molar-refractivity contribution < 1.29 is 19.1 Å². The number of ether oxygens (including phenoxy) is 2. The van der Waals surface area contributed by atoms with Gasteiger partial charge in [0.25, 0.3) is 0 Å². The van der Waals surface area contributed by atoms with Gasteiger partial charge in [0.15, 0.2) is 0 Å². The summed E-state index contributed by atoms with van der Waals surface area (Å²) < 4.78 is 10.4. The molecule has 0 aromatic heterocycles. The fourth-order valence-corrected chi connectivity index (χ4v) is 3.54. The second kappa shape index (κ2) is 12.2. The predicted molar refractivity (Wildman–Crippen MR) is 123 cm³/mol. The summed E-state index contributed by atoms with van der Waals surface area (Å²) in [5.41, 5.74) is 8.31. The Morgan fingerprint density at radius 1 is 0.750 bits per heavy atom. The van der Waals surface area contributed by atoms with Gasteiger partial charge >= 0.3 is 12.2 Å². The third kappa shape index (κ3) is 7.16. The first kappa shape index (κ1) is 22.9. The first-order valence-corrected chi connectivity index (χ1v) is 10.6. The van der Waals surface area contributed by atoms with Crippen LogP contribution in [0.3, 0.4) is 0 Å². The molecule has 6 heteroatoms. The van der Waals surface area contributed by atoms with Crippen molar-refractivity contribution in [3.05, 3.63) is 108 Å². The van der Waals surface area contributed by atoms with Gasteiger partial charge in [-0.1, -0.05) is 91.0 Å². The molecule has 32 heavy (non-hydrogen) atoms. The molecule has 0 aliphatic rings. The van der Waals surface area contributed by atoms with Gasteiger partial charge in [-0.25, -0.2) is 9.59 Å². The van der Waals surface area contributed by atoms with E-state index in [1.165, 1.54) is 11.1 Å². The van der Waals surface area contributed by atoms with Crippen molar-refractivity contribution in [3.63, 3.8) is 0 Å². The number of amides is 2. The maximum Gasteiger partial charge on any atom is 0.410 e. The van der Waals surface area contributed by atoms with Crippen LogP contribution in [-0.2, 0) is 16.1 Å². The number of rotatable bonds is 10. The molecule has 3 rings (SSSR count). The summed E-state index contributed by atoms with van der Waals surface area (Å²) >= 11 is 0. The normalized spacial score (nSPS) is 10.5. The standard InChI is InChI=1S/C26H28N2O4/c27-25(29)31-19-18-28(26(30)32-20-21-10-4-1-5-11-21)17-16-24(22-12-6-2-7-13-22)23-14-8-3-9-15-23/h1-15,24H,16-20H2,(H2,27,29). The minimum absolute atomic E-state index is 0.0110. The van der Waals surface area contributed by atoms with Crippen LogP contribution in [0.25, 0.3) is 0 Å². The summed E-state index contributed by atoms with van der Waals surface area (Å²) in [7, 11) is 0. The Kier molecular flexibility index (Phi) is 8.69. The Labute approximate surface area is 188 Å². The van der Waals surface area contributed by atoms with Crippen LogP contribution in [0.1, 0.15) is 29.0 Å². The molecule has 0 saturated carbocycles. The molecule has 0 aliphatic heterocycles. The summed E-state index contributed by atoms with van der Waals surface area (Å²) in [5.74, 6) is 0.110. The molecule has 0 bridgehead atoms. The third-order valence-electron chi connectivity index (χ3n) is 5.16. The molecule has 0 atom stereocenters. The molecule has 2 amide bonds. The SMILES string of the molecule is NC(=O)OCCN(CCC(c1ccccc1)c1ccccc1)C(=O)OCc1ccccc1. The molecule has 0 aliphatic carbocycles. The van der Waals surface area contributed by atoms with Crippen LogP contribution >= 0.6 is 0 Å². The minimum atomic E-state index is -0.867. The molecule has 2 N–H and O–H groups in total. The minimum Gasteiger partial charge on any atom is -0.448 e. The molecule has 0 spiro atoms. The number of hydrogen-bond donors (Lipinski definition) is 1. The molecule has 0 unspecified atom stereocenters. The number of benzene rings is 3. The maximum atomic E-state index is 12.8. The van der Waals surface area contributed by atoms with Crippen LogP contribution in [0.4, 0.5) is 9.59 Å². The van der Waals surface area contributed by atoms with Crippen LogP contribution in [0.2, 0.25) is 0 Å². The lowest BCUT2D eigenvalue weighted by atomic mass is 9.88. The first-order chi connectivity index (χ1) is 15.6. The zero-order valence-corrected chi connectivity index (χ0v) is 17.9. The van der Waals surface area contributed by atoms with E-state index in [2.05, 4.69) is 24.3 Å². The lowest BCUT2D eigenvalue weighted by Crippen LogP contribution is -2.36. The number of primary amides is 1. The first-order valence-electron chi connectivity index (χ1n) is 10.6. The van der Waals surface area contributed by atoms with Crippen LogP contribution < -0.4 is 5.73 Å². The average molecular weight is 433 g/mol. The highest BCUT2D eigenvalue weighted by molar-refractivity contribution is 5.68. The van der Waals surface area contributed by atoms with Crippen LogP contribution in [0, 0.1) is 0 Å². The molecule has 3 aromatic rings. The van der Waals surface area contributed by atoms with Gasteiger partial charge < -0.3 is 20.1 Å². The molecule has 0 saturated heterocycles. The summed E-state index contributed by atoms with van der Waals surface area (Å²) in [6, 6.07) is 29.9. The second-order valence-corrected chi connectivity index (χ2v) is 7.36. The zero-order chi connectivity index (χ0) is 22.6. The lowest BCUT2D eigenvalue weighted by Gasteiger charge is -2.25. The molecule has 0 radical (unpaired) electrons. The van der Waals surface area contributed by atoms with Crippen molar-refractivity contribution in [1.82, 2.24) is 4.90 Å².